The molecule has 3 N–H and O–H groups in total. The van der Waals surface area contributed by atoms with E-state index in [0.717, 1.165) is 52.0 Å². The van der Waals surface area contributed by atoms with Crippen LogP contribution in [0.4, 0.5) is 0 Å². The zero-order valence-electron chi connectivity index (χ0n) is 13.7. The zero-order chi connectivity index (χ0) is 14.6. The lowest BCUT2D eigenvalue weighted by atomic mass is 9.92. The van der Waals surface area contributed by atoms with Gasteiger partial charge in [0, 0.05) is 25.7 Å². The first-order valence-corrected chi connectivity index (χ1v) is 7.99. The molecule has 2 aliphatic rings. The van der Waals surface area contributed by atoms with Gasteiger partial charge in [0.15, 0.2) is 0 Å². The number of amides is 1. The van der Waals surface area contributed by atoms with Crippen LogP contribution in [0.5, 0.6) is 0 Å². The Morgan fingerprint density at radius 2 is 1.77 bits per heavy atom. The molecule has 1 aliphatic heterocycles. The highest BCUT2D eigenvalue weighted by atomic mass is 35.5. The summed E-state index contributed by atoms with van der Waals surface area (Å²) in [7, 11) is 0. The van der Waals surface area contributed by atoms with Crippen molar-refractivity contribution in [3.63, 3.8) is 0 Å². The quantitative estimate of drug-likeness (QED) is 0.727. The van der Waals surface area contributed by atoms with Gasteiger partial charge < -0.3 is 15.8 Å². The molecule has 2 fully saturated rings. The number of ether oxygens (including phenoxy) is 1. The Morgan fingerprint density at radius 3 is 2.23 bits per heavy atom. The largest absolute Gasteiger partial charge is 0.379 e. The van der Waals surface area contributed by atoms with Crippen molar-refractivity contribution in [1.82, 2.24) is 10.2 Å². The van der Waals surface area contributed by atoms with Gasteiger partial charge in [-0.15, -0.1) is 24.8 Å². The average Bonchev–Trinajstić information content (AvgIpc) is 3.23. The summed E-state index contributed by atoms with van der Waals surface area (Å²) in [5.41, 5.74) is 5.38. The van der Waals surface area contributed by atoms with Crippen LogP contribution in [0.25, 0.3) is 0 Å². The smallest absolute Gasteiger partial charge is 0.240 e. The van der Waals surface area contributed by atoms with E-state index >= 15 is 0 Å². The predicted molar refractivity (Wildman–Crippen MR) is 93.9 cm³/mol. The highest BCUT2D eigenvalue weighted by Gasteiger charge is 2.46. The van der Waals surface area contributed by atoms with Crippen molar-refractivity contribution in [2.75, 3.05) is 32.8 Å². The summed E-state index contributed by atoms with van der Waals surface area (Å²) < 4.78 is 5.44. The lowest BCUT2D eigenvalue weighted by Gasteiger charge is -2.39. The Balaban J connectivity index is 0.00000220. The number of morpholine rings is 1. The van der Waals surface area contributed by atoms with Crippen LogP contribution in [0.1, 0.15) is 39.5 Å². The molecule has 132 valence electrons. The fourth-order valence-corrected chi connectivity index (χ4v) is 3.07. The molecule has 1 unspecified atom stereocenters. The molecule has 0 bridgehead atoms. The molecule has 5 nitrogen and oxygen atoms in total. The number of halogens is 2. The molecule has 0 spiro atoms. The lowest BCUT2D eigenvalue weighted by molar-refractivity contribution is -0.123. The molecule has 1 atom stereocenters. The van der Waals surface area contributed by atoms with Crippen molar-refractivity contribution in [2.45, 2.75) is 51.1 Å². The third kappa shape index (κ3) is 5.53. The molecule has 1 saturated heterocycles. The highest BCUT2D eigenvalue weighted by molar-refractivity contribution is 5.89. The first kappa shape index (κ1) is 21.9. The van der Waals surface area contributed by atoms with Crippen molar-refractivity contribution in [1.29, 1.82) is 0 Å². The maximum atomic E-state index is 12.0. The minimum atomic E-state index is -0.566. The summed E-state index contributed by atoms with van der Waals surface area (Å²) in [6.07, 6.45) is 3.93. The van der Waals surface area contributed by atoms with Crippen molar-refractivity contribution >= 4 is 30.7 Å². The van der Waals surface area contributed by atoms with Crippen LogP contribution in [-0.4, -0.2) is 55.2 Å². The monoisotopic (exact) mass is 355 g/mol. The highest BCUT2D eigenvalue weighted by Crippen LogP contribution is 2.32. The van der Waals surface area contributed by atoms with Crippen LogP contribution in [-0.2, 0) is 9.53 Å². The molecule has 7 heteroatoms. The minimum absolute atomic E-state index is 0. The normalized spacial score (nSPS) is 21.5. The van der Waals surface area contributed by atoms with E-state index in [1.165, 1.54) is 0 Å². The third-order valence-corrected chi connectivity index (χ3v) is 4.82. The molecule has 2 rings (SSSR count). The number of carbonyl (C=O) groups is 1. The van der Waals surface area contributed by atoms with E-state index in [0.29, 0.717) is 18.5 Å². The van der Waals surface area contributed by atoms with E-state index in [2.05, 4.69) is 24.1 Å². The summed E-state index contributed by atoms with van der Waals surface area (Å²) in [6.45, 7) is 8.69. The maximum absolute atomic E-state index is 12.0. The van der Waals surface area contributed by atoms with Gasteiger partial charge in [0.1, 0.15) is 0 Å². The van der Waals surface area contributed by atoms with Crippen LogP contribution in [0.2, 0.25) is 0 Å². The third-order valence-electron chi connectivity index (χ3n) is 4.82. The number of rotatable bonds is 7. The van der Waals surface area contributed by atoms with Gasteiger partial charge >= 0.3 is 0 Å². The number of nitrogens with zero attached hydrogens (tertiary/aromatic N) is 1. The van der Waals surface area contributed by atoms with E-state index in [1.54, 1.807) is 0 Å². The van der Waals surface area contributed by atoms with Crippen molar-refractivity contribution in [3.8, 4) is 0 Å². The van der Waals surface area contributed by atoms with E-state index in [1.807, 2.05) is 0 Å². The number of nitrogens with one attached hydrogen (secondary N) is 1. The van der Waals surface area contributed by atoms with Gasteiger partial charge in [-0.3, -0.25) is 9.69 Å². The number of hydrogen-bond donors (Lipinski definition) is 2. The molecule has 1 amide bonds. The predicted octanol–water partition coefficient (Wildman–Crippen LogP) is 1.57. The van der Waals surface area contributed by atoms with Crippen LogP contribution in [0.3, 0.4) is 0 Å². The fraction of sp³-hybridized carbons (Fsp3) is 0.933. The summed E-state index contributed by atoms with van der Waals surface area (Å²) >= 11 is 0. The van der Waals surface area contributed by atoms with Gasteiger partial charge in [-0.05, 0) is 18.8 Å². The summed E-state index contributed by atoms with van der Waals surface area (Å²) in [5.74, 6) is 0.642. The van der Waals surface area contributed by atoms with E-state index in [-0.39, 0.29) is 30.7 Å². The molecule has 1 heterocycles. The van der Waals surface area contributed by atoms with Crippen molar-refractivity contribution < 1.29 is 9.53 Å². The number of nitrogens with two attached hydrogens (primary N) is 1. The summed E-state index contributed by atoms with van der Waals surface area (Å²) in [4.78, 5) is 14.5. The standard InChI is InChI=1S/C15H29N3O2.2ClH/c1-3-12(4-2)13(18-7-9-20-10-8-18)11-17-14(19)15(16)5-6-15;;/h12-13H,3-11,16H2,1-2H3,(H,17,19);2*1H. The van der Waals surface area contributed by atoms with Crippen LogP contribution >= 0.6 is 24.8 Å². The first-order valence-electron chi connectivity index (χ1n) is 7.99. The minimum Gasteiger partial charge on any atom is -0.379 e. The molecule has 1 aliphatic carbocycles. The summed E-state index contributed by atoms with van der Waals surface area (Å²) in [6, 6.07) is 0.403. The topological polar surface area (TPSA) is 67.6 Å². The lowest BCUT2D eigenvalue weighted by Crippen LogP contribution is -2.54. The Hall–Kier alpha value is -0.0700. The molecule has 0 aromatic heterocycles. The van der Waals surface area contributed by atoms with Gasteiger partial charge in [0.05, 0.1) is 18.8 Å². The Labute approximate surface area is 146 Å². The molecule has 0 aromatic carbocycles. The number of hydrogen-bond acceptors (Lipinski definition) is 4. The Bertz CT molecular complexity index is 331. The van der Waals surface area contributed by atoms with E-state index < -0.39 is 5.54 Å². The second kappa shape index (κ2) is 9.93. The van der Waals surface area contributed by atoms with E-state index in [4.69, 9.17) is 10.5 Å². The van der Waals surface area contributed by atoms with Crippen LogP contribution < -0.4 is 11.1 Å². The van der Waals surface area contributed by atoms with Crippen LogP contribution in [0.15, 0.2) is 0 Å². The average molecular weight is 356 g/mol. The van der Waals surface area contributed by atoms with Gasteiger partial charge in [-0.25, -0.2) is 0 Å². The maximum Gasteiger partial charge on any atom is 0.240 e. The fourth-order valence-electron chi connectivity index (χ4n) is 3.07. The van der Waals surface area contributed by atoms with Crippen molar-refractivity contribution in [3.05, 3.63) is 0 Å². The first-order chi connectivity index (χ1) is 9.60. The molecule has 1 saturated carbocycles. The number of carbonyl (C=O) groups excluding carboxylic acids is 1. The molecule has 0 aromatic rings. The van der Waals surface area contributed by atoms with E-state index in [9.17, 15) is 4.79 Å². The van der Waals surface area contributed by atoms with Gasteiger partial charge in [-0.1, -0.05) is 26.7 Å². The van der Waals surface area contributed by atoms with Gasteiger partial charge in [-0.2, -0.15) is 0 Å². The SMILES string of the molecule is CCC(CC)C(CNC(=O)C1(N)CC1)N1CCOCC1.Cl.Cl. The van der Waals surface area contributed by atoms with Crippen molar-refractivity contribution in [2.24, 2.45) is 11.7 Å². The second-order valence-electron chi connectivity index (χ2n) is 6.16. The second-order valence-corrected chi connectivity index (χ2v) is 6.16. The molecular weight excluding hydrogens is 325 g/mol. The Kier molecular flexibility index (Phi) is 9.90. The van der Waals surface area contributed by atoms with Crippen LogP contribution in [0, 0.1) is 5.92 Å². The molecule has 0 radical (unpaired) electrons. The molecule has 22 heavy (non-hydrogen) atoms. The summed E-state index contributed by atoms with van der Waals surface area (Å²) in [5, 5.41) is 3.09. The Morgan fingerprint density at radius 1 is 1.23 bits per heavy atom. The zero-order valence-corrected chi connectivity index (χ0v) is 15.3. The van der Waals surface area contributed by atoms with Gasteiger partial charge in [0.25, 0.3) is 0 Å². The van der Waals surface area contributed by atoms with Gasteiger partial charge in [0.2, 0.25) is 5.91 Å². The molecular formula is C15H31Cl2N3O2.